The van der Waals surface area contributed by atoms with Crippen molar-refractivity contribution in [2.45, 2.75) is 0 Å². The normalized spacial score (nSPS) is 11.4. The van der Waals surface area contributed by atoms with Crippen LogP contribution in [0.4, 0.5) is 0 Å². The summed E-state index contributed by atoms with van der Waals surface area (Å²) in [6.07, 6.45) is 0. The van der Waals surface area contributed by atoms with Gasteiger partial charge in [0.1, 0.15) is 13.1 Å². The Morgan fingerprint density at radius 1 is 1.27 bits per heavy atom. The fourth-order valence-electron chi connectivity index (χ4n) is 1.45. The largest absolute Gasteiger partial charge is 0.391 e. The molecule has 0 saturated carbocycles. The predicted octanol–water partition coefficient (Wildman–Crippen LogP) is 0.938. The van der Waals surface area contributed by atoms with E-state index in [0.717, 1.165) is 5.56 Å². The van der Waals surface area contributed by atoms with E-state index in [-0.39, 0.29) is 12.4 Å². The number of likely N-dealkylation sites (N-methyl/N-ethyl adjacent to an activating group) is 1. The van der Waals surface area contributed by atoms with Crippen LogP contribution in [0.25, 0.3) is 0 Å². The van der Waals surface area contributed by atoms with Crippen molar-refractivity contribution in [2.75, 3.05) is 33.8 Å². The fourth-order valence-corrected chi connectivity index (χ4v) is 1.45. The molecule has 3 heteroatoms. The molecule has 1 aromatic carbocycles. The van der Waals surface area contributed by atoms with E-state index in [2.05, 4.69) is 0 Å². The van der Waals surface area contributed by atoms with E-state index in [4.69, 9.17) is 5.11 Å². The van der Waals surface area contributed by atoms with E-state index in [9.17, 15) is 4.79 Å². The summed E-state index contributed by atoms with van der Waals surface area (Å²) in [5, 5.41) is 8.86. The van der Waals surface area contributed by atoms with Gasteiger partial charge >= 0.3 is 0 Å². The lowest BCUT2D eigenvalue weighted by molar-refractivity contribution is -0.882. The van der Waals surface area contributed by atoms with Crippen LogP contribution >= 0.6 is 0 Å². The lowest BCUT2D eigenvalue weighted by atomic mass is 10.1. The minimum Gasteiger partial charge on any atom is -0.391 e. The molecule has 1 aromatic rings. The second-order valence-corrected chi connectivity index (χ2v) is 4.33. The summed E-state index contributed by atoms with van der Waals surface area (Å²) in [6, 6.07) is 9.26. The fraction of sp³-hybridized carbons (Fsp3) is 0.417. The van der Waals surface area contributed by atoms with Crippen molar-refractivity contribution in [1.29, 1.82) is 0 Å². The third-order valence-electron chi connectivity index (χ3n) is 2.37. The van der Waals surface area contributed by atoms with Crippen molar-refractivity contribution in [3.05, 3.63) is 35.9 Å². The van der Waals surface area contributed by atoms with Crippen LogP contribution in [-0.2, 0) is 0 Å². The zero-order chi connectivity index (χ0) is 11.3. The molecule has 0 unspecified atom stereocenters. The lowest BCUT2D eigenvalue weighted by Crippen LogP contribution is -2.45. The average molecular weight is 208 g/mol. The minimum atomic E-state index is 0.106. The molecular formula is C12H18NO2+. The summed E-state index contributed by atoms with van der Waals surface area (Å²) in [7, 11) is 3.88. The molecule has 0 spiro atoms. The number of nitrogens with zero attached hydrogens (tertiary/aromatic N) is 1. The van der Waals surface area contributed by atoms with Gasteiger partial charge in [0.05, 0.1) is 20.7 Å². The maximum absolute atomic E-state index is 11.8. The van der Waals surface area contributed by atoms with Crippen molar-refractivity contribution in [3.63, 3.8) is 0 Å². The molecule has 82 valence electrons. The molecule has 0 saturated heterocycles. The molecule has 15 heavy (non-hydrogen) atoms. The summed E-state index contributed by atoms with van der Waals surface area (Å²) >= 11 is 0. The van der Waals surface area contributed by atoms with E-state index < -0.39 is 0 Å². The smallest absolute Gasteiger partial charge is 0.216 e. The van der Waals surface area contributed by atoms with Gasteiger partial charge in [-0.15, -0.1) is 0 Å². The van der Waals surface area contributed by atoms with Gasteiger partial charge in [-0.25, -0.2) is 0 Å². The second kappa shape index (κ2) is 5.05. The van der Waals surface area contributed by atoms with E-state index in [1.54, 1.807) is 0 Å². The summed E-state index contributed by atoms with van der Waals surface area (Å²) in [6.45, 7) is 1.12. The van der Waals surface area contributed by atoms with Gasteiger partial charge in [-0.05, 0) is 0 Å². The Morgan fingerprint density at radius 2 is 1.87 bits per heavy atom. The van der Waals surface area contributed by atoms with Crippen LogP contribution < -0.4 is 0 Å². The van der Waals surface area contributed by atoms with Gasteiger partial charge in [0, 0.05) is 5.56 Å². The maximum Gasteiger partial charge on any atom is 0.216 e. The van der Waals surface area contributed by atoms with Gasteiger partial charge in [0.25, 0.3) is 0 Å². The number of carbonyl (C=O) groups is 1. The SMILES string of the molecule is C[N+](C)(CCO)CC(=O)c1ccccc1. The number of carbonyl (C=O) groups excluding carboxylic acids is 1. The van der Waals surface area contributed by atoms with Crippen molar-refractivity contribution in [2.24, 2.45) is 0 Å². The number of ketones is 1. The molecule has 0 heterocycles. The first-order chi connectivity index (χ1) is 7.05. The Hall–Kier alpha value is -1.19. The molecule has 0 atom stereocenters. The first kappa shape index (κ1) is 11.9. The van der Waals surface area contributed by atoms with Crippen molar-refractivity contribution in [3.8, 4) is 0 Å². The molecule has 0 aliphatic rings. The standard InChI is InChI=1S/C12H18NO2/c1-13(2,8-9-14)10-12(15)11-6-4-3-5-7-11/h3-7,14H,8-10H2,1-2H3/q+1. The van der Waals surface area contributed by atoms with Gasteiger partial charge in [-0.3, -0.25) is 4.79 Å². The van der Waals surface area contributed by atoms with Crippen molar-refractivity contribution >= 4 is 5.78 Å². The number of Topliss-reactive ketones (excluding diaryl/α,β-unsaturated/α-hetero) is 1. The summed E-state index contributed by atoms with van der Waals surface area (Å²) in [5.41, 5.74) is 0.738. The van der Waals surface area contributed by atoms with E-state index in [1.807, 2.05) is 44.4 Å². The van der Waals surface area contributed by atoms with Crippen LogP contribution in [-0.4, -0.2) is 49.2 Å². The quantitative estimate of drug-likeness (QED) is 0.577. The van der Waals surface area contributed by atoms with Crippen molar-refractivity contribution in [1.82, 2.24) is 0 Å². The minimum absolute atomic E-state index is 0.106. The number of rotatable bonds is 5. The van der Waals surface area contributed by atoms with Crippen LogP contribution in [0.2, 0.25) is 0 Å². The molecule has 0 aromatic heterocycles. The molecule has 0 aliphatic heterocycles. The Morgan fingerprint density at radius 3 is 2.40 bits per heavy atom. The van der Waals surface area contributed by atoms with Crippen LogP contribution in [0, 0.1) is 0 Å². The molecule has 0 aliphatic carbocycles. The highest BCUT2D eigenvalue weighted by Crippen LogP contribution is 2.04. The Kier molecular flexibility index (Phi) is 4.00. The number of aliphatic hydroxyl groups is 1. The zero-order valence-corrected chi connectivity index (χ0v) is 9.31. The molecule has 0 radical (unpaired) electrons. The third-order valence-corrected chi connectivity index (χ3v) is 2.37. The summed E-state index contributed by atoms with van der Waals surface area (Å²) in [4.78, 5) is 11.8. The monoisotopic (exact) mass is 208 g/mol. The molecule has 0 fully saturated rings. The maximum atomic E-state index is 11.8. The highest BCUT2D eigenvalue weighted by Gasteiger charge is 2.19. The van der Waals surface area contributed by atoms with Gasteiger partial charge in [-0.2, -0.15) is 0 Å². The van der Waals surface area contributed by atoms with Crippen LogP contribution in [0.15, 0.2) is 30.3 Å². The van der Waals surface area contributed by atoms with Crippen LogP contribution in [0.1, 0.15) is 10.4 Å². The Labute approximate surface area is 90.5 Å². The van der Waals surface area contributed by atoms with Crippen LogP contribution in [0.3, 0.4) is 0 Å². The number of benzene rings is 1. The number of hydrogen-bond donors (Lipinski definition) is 1. The second-order valence-electron chi connectivity index (χ2n) is 4.33. The summed E-state index contributed by atoms with van der Waals surface area (Å²) < 4.78 is 0.518. The van der Waals surface area contributed by atoms with E-state index in [0.29, 0.717) is 17.6 Å². The first-order valence-corrected chi connectivity index (χ1v) is 5.06. The number of hydrogen-bond acceptors (Lipinski definition) is 2. The van der Waals surface area contributed by atoms with Gasteiger partial charge in [0.15, 0.2) is 0 Å². The van der Waals surface area contributed by atoms with Gasteiger partial charge in [-0.1, -0.05) is 30.3 Å². The molecule has 0 amide bonds. The Bertz CT molecular complexity index is 320. The number of aliphatic hydroxyl groups excluding tert-OH is 1. The van der Waals surface area contributed by atoms with Crippen molar-refractivity contribution < 1.29 is 14.4 Å². The number of quaternary nitrogens is 1. The molecule has 1 rings (SSSR count). The molecular weight excluding hydrogens is 190 g/mol. The molecule has 3 nitrogen and oxygen atoms in total. The molecule has 0 bridgehead atoms. The zero-order valence-electron chi connectivity index (χ0n) is 9.31. The topological polar surface area (TPSA) is 37.3 Å². The lowest BCUT2D eigenvalue weighted by Gasteiger charge is -2.27. The first-order valence-electron chi connectivity index (χ1n) is 5.06. The van der Waals surface area contributed by atoms with Crippen LogP contribution in [0.5, 0.6) is 0 Å². The third kappa shape index (κ3) is 3.81. The molecule has 1 N–H and O–H groups in total. The van der Waals surface area contributed by atoms with E-state index in [1.165, 1.54) is 0 Å². The summed E-state index contributed by atoms with van der Waals surface area (Å²) in [5.74, 6) is 0.119. The highest BCUT2D eigenvalue weighted by molar-refractivity contribution is 5.96. The Balaban J connectivity index is 2.64. The van der Waals surface area contributed by atoms with Gasteiger partial charge < -0.3 is 9.59 Å². The van der Waals surface area contributed by atoms with Gasteiger partial charge in [0.2, 0.25) is 5.78 Å². The van der Waals surface area contributed by atoms with E-state index >= 15 is 0 Å². The highest BCUT2D eigenvalue weighted by atomic mass is 16.3. The average Bonchev–Trinajstić information content (AvgIpc) is 2.18. The predicted molar refractivity (Wildman–Crippen MR) is 59.7 cm³/mol.